The molecule has 3 rings (SSSR count). The Labute approximate surface area is 151 Å². The molecule has 0 unspecified atom stereocenters. The highest BCUT2D eigenvalue weighted by Gasteiger charge is 2.17. The Hall–Kier alpha value is -3.09. The normalized spacial score (nSPS) is 10.8. The molecule has 2 aromatic heterocycles. The van der Waals surface area contributed by atoms with E-state index >= 15 is 0 Å². The minimum Gasteiger partial charge on any atom is -0.493 e. The van der Waals surface area contributed by atoms with Crippen LogP contribution in [0.2, 0.25) is 0 Å². The number of rotatable bonds is 5. The molecule has 136 valence electrons. The minimum absolute atomic E-state index is 0.161. The maximum Gasteiger partial charge on any atom is 0.252 e. The number of nitrogens with zero attached hydrogens (tertiary/aromatic N) is 3. The number of amides is 1. The maximum absolute atomic E-state index is 12.8. The highest BCUT2D eigenvalue weighted by molar-refractivity contribution is 6.06. The van der Waals surface area contributed by atoms with Crippen LogP contribution in [0.3, 0.4) is 0 Å². The molecule has 1 N–H and O–H groups in total. The zero-order valence-electron chi connectivity index (χ0n) is 15.6. The van der Waals surface area contributed by atoms with Gasteiger partial charge in [-0.25, -0.2) is 4.98 Å². The van der Waals surface area contributed by atoms with Crippen molar-refractivity contribution in [3.8, 4) is 11.5 Å². The third-order valence-electron chi connectivity index (χ3n) is 4.24. The molecule has 0 spiro atoms. The number of pyridine rings is 1. The summed E-state index contributed by atoms with van der Waals surface area (Å²) in [5, 5.41) is 8.12. The molecular formula is C19H22N4O3. The summed E-state index contributed by atoms with van der Waals surface area (Å²) in [4.78, 5) is 17.3. The van der Waals surface area contributed by atoms with Crippen LogP contribution in [-0.4, -0.2) is 34.9 Å². The van der Waals surface area contributed by atoms with E-state index in [9.17, 15) is 4.79 Å². The van der Waals surface area contributed by atoms with Gasteiger partial charge in [0.05, 0.1) is 30.9 Å². The number of aryl methyl sites for hydroxylation is 3. The van der Waals surface area contributed by atoms with Crippen molar-refractivity contribution in [1.82, 2.24) is 20.1 Å². The highest BCUT2D eigenvalue weighted by Crippen LogP contribution is 2.27. The second kappa shape index (κ2) is 7.03. The number of carbonyl (C=O) groups excluding carboxylic acids is 1. The van der Waals surface area contributed by atoms with Crippen LogP contribution in [0.15, 0.2) is 24.3 Å². The van der Waals surface area contributed by atoms with E-state index in [-0.39, 0.29) is 5.91 Å². The number of hydrogen-bond donors (Lipinski definition) is 1. The van der Waals surface area contributed by atoms with Crippen molar-refractivity contribution in [2.24, 2.45) is 7.05 Å². The monoisotopic (exact) mass is 354 g/mol. The second-order valence-electron chi connectivity index (χ2n) is 6.09. The summed E-state index contributed by atoms with van der Waals surface area (Å²) in [7, 11) is 5.00. The summed E-state index contributed by atoms with van der Waals surface area (Å²) < 4.78 is 12.2. The van der Waals surface area contributed by atoms with Crippen LogP contribution in [0, 0.1) is 13.8 Å². The number of methoxy groups -OCH3 is 2. The first kappa shape index (κ1) is 17.7. The molecule has 1 amide bonds. The predicted molar refractivity (Wildman–Crippen MR) is 98.7 cm³/mol. The van der Waals surface area contributed by atoms with Gasteiger partial charge in [-0.05, 0) is 37.6 Å². The van der Waals surface area contributed by atoms with Gasteiger partial charge in [-0.2, -0.15) is 5.10 Å². The first-order valence-corrected chi connectivity index (χ1v) is 8.24. The van der Waals surface area contributed by atoms with Crippen LogP contribution in [-0.2, 0) is 13.6 Å². The quantitative estimate of drug-likeness (QED) is 0.762. The van der Waals surface area contributed by atoms with Crippen molar-refractivity contribution in [1.29, 1.82) is 0 Å². The van der Waals surface area contributed by atoms with Crippen LogP contribution in [0.25, 0.3) is 11.0 Å². The van der Waals surface area contributed by atoms with Crippen LogP contribution in [0.5, 0.6) is 11.5 Å². The highest BCUT2D eigenvalue weighted by atomic mass is 16.5. The number of nitrogens with one attached hydrogen (secondary N) is 1. The van der Waals surface area contributed by atoms with Gasteiger partial charge in [-0.3, -0.25) is 9.48 Å². The number of fused-ring (bicyclic) bond motifs is 1. The lowest BCUT2D eigenvalue weighted by molar-refractivity contribution is 0.0952. The number of ether oxygens (including phenoxy) is 2. The van der Waals surface area contributed by atoms with Gasteiger partial charge in [0.1, 0.15) is 0 Å². The molecular weight excluding hydrogens is 332 g/mol. The van der Waals surface area contributed by atoms with E-state index < -0.39 is 0 Å². The van der Waals surface area contributed by atoms with Gasteiger partial charge in [0.15, 0.2) is 17.1 Å². The molecule has 0 saturated heterocycles. The first-order valence-electron chi connectivity index (χ1n) is 8.24. The molecule has 2 heterocycles. The van der Waals surface area contributed by atoms with Crippen LogP contribution in [0.1, 0.15) is 27.3 Å². The van der Waals surface area contributed by atoms with E-state index in [0.717, 1.165) is 22.3 Å². The molecule has 26 heavy (non-hydrogen) atoms. The molecule has 7 nitrogen and oxygen atoms in total. The number of carbonyl (C=O) groups is 1. The summed E-state index contributed by atoms with van der Waals surface area (Å²) in [6, 6.07) is 7.35. The fourth-order valence-electron chi connectivity index (χ4n) is 3.02. The van der Waals surface area contributed by atoms with Crippen molar-refractivity contribution in [3.05, 3.63) is 46.8 Å². The molecule has 0 fully saturated rings. The molecule has 0 atom stereocenters. The van der Waals surface area contributed by atoms with Crippen molar-refractivity contribution >= 4 is 16.9 Å². The van der Waals surface area contributed by atoms with E-state index in [0.29, 0.717) is 29.3 Å². The van der Waals surface area contributed by atoms with Crippen LogP contribution in [0.4, 0.5) is 0 Å². The minimum atomic E-state index is -0.161. The van der Waals surface area contributed by atoms with Crippen molar-refractivity contribution in [2.75, 3.05) is 14.2 Å². The van der Waals surface area contributed by atoms with E-state index in [2.05, 4.69) is 15.4 Å². The molecule has 0 aliphatic carbocycles. The number of aromatic nitrogens is 3. The zero-order chi connectivity index (χ0) is 18.8. The average molecular weight is 354 g/mol. The van der Waals surface area contributed by atoms with Gasteiger partial charge in [0.2, 0.25) is 0 Å². The predicted octanol–water partition coefficient (Wildman–Crippen LogP) is 2.53. The third kappa shape index (κ3) is 3.20. The van der Waals surface area contributed by atoms with E-state index in [1.165, 1.54) is 0 Å². The Morgan fingerprint density at radius 1 is 1.15 bits per heavy atom. The topological polar surface area (TPSA) is 78.3 Å². The lowest BCUT2D eigenvalue weighted by Gasteiger charge is -2.11. The van der Waals surface area contributed by atoms with Gasteiger partial charge in [-0.1, -0.05) is 6.07 Å². The summed E-state index contributed by atoms with van der Waals surface area (Å²) in [6.07, 6.45) is 0. The molecule has 0 aliphatic rings. The lowest BCUT2D eigenvalue weighted by atomic mass is 10.1. The Bertz CT molecular complexity index is 979. The molecule has 0 radical (unpaired) electrons. The van der Waals surface area contributed by atoms with E-state index in [1.807, 2.05) is 39.1 Å². The molecule has 1 aromatic carbocycles. The molecule has 0 bridgehead atoms. The largest absolute Gasteiger partial charge is 0.493 e. The Morgan fingerprint density at radius 3 is 2.58 bits per heavy atom. The zero-order valence-corrected chi connectivity index (χ0v) is 15.6. The van der Waals surface area contributed by atoms with Crippen LogP contribution < -0.4 is 14.8 Å². The van der Waals surface area contributed by atoms with Crippen molar-refractivity contribution in [3.63, 3.8) is 0 Å². The summed E-state index contributed by atoms with van der Waals surface area (Å²) in [5.74, 6) is 1.12. The van der Waals surface area contributed by atoms with Crippen LogP contribution >= 0.6 is 0 Å². The standard InChI is InChI=1S/C19H22N4O3/c1-11-8-14(17-12(2)22-23(3)18(17)21-11)19(24)20-10-13-6-7-15(25-4)16(9-13)26-5/h6-9H,10H2,1-5H3,(H,20,24). The molecule has 0 aliphatic heterocycles. The summed E-state index contributed by atoms with van der Waals surface area (Å²) >= 11 is 0. The maximum atomic E-state index is 12.8. The van der Waals surface area contributed by atoms with Gasteiger partial charge >= 0.3 is 0 Å². The second-order valence-corrected chi connectivity index (χ2v) is 6.09. The molecule has 0 saturated carbocycles. The Morgan fingerprint density at radius 2 is 1.88 bits per heavy atom. The smallest absolute Gasteiger partial charge is 0.252 e. The first-order chi connectivity index (χ1) is 12.4. The fraction of sp³-hybridized carbons (Fsp3) is 0.316. The SMILES string of the molecule is COc1ccc(CNC(=O)c2cc(C)nc3c2c(C)nn3C)cc1OC. The molecule has 7 heteroatoms. The average Bonchev–Trinajstić information content (AvgIpc) is 2.92. The Kier molecular flexibility index (Phi) is 4.79. The number of benzene rings is 1. The van der Waals surface area contributed by atoms with Gasteiger partial charge < -0.3 is 14.8 Å². The van der Waals surface area contributed by atoms with Crippen molar-refractivity contribution < 1.29 is 14.3 Å². The van der Waals surface area contributed by atoms with Gasteiger partial charge in [0, 0.05) is 19.3 Å². The third-order valence-corrected chi connectivity index (χ3v) is 4.24. The van der Waals surface area contributed by atoms with Crippen molar-refractivity contribution in [2.45, 2.75) is 20.4 Å². The van der Waals surface area contributed by atoms with E-state index in [1.54, 1.807) is 25.0 Å². The van der Waals surface area contributed by atoms with E-state index in [4.69, 9.17) is 9.47 Å². The summed E-state index contributed by atoms with van der Waals surface area (Å²) in [6.45, 7) is 4.12. The molecule has 3 aromatic rings. The van der Waals surface area contributed by atoms with Gasteiger partial charge in [-0.15, -0.1) is 0 Å². The van der Waals surface area contributed by atoms with Gasteiger partial charge in [0.25, 0.3) is 5.91 Å². The Balaban J connectivity index is 1.86. The fourth-order valence-corrected chi connectivity index (χ4v) is 3.02. The number of hydrogen-bond acceptors (Lipinski definition) is 5. The lowest BCUT2D eigenvalue weighted by Crippen LogP contribution is -2.23. The summed E-state index contributed by atoms with van der Waals surface area (Å²) in [5.41, 5.74) is 3.77.